The van der Waals surface area contributed by atoms with Crippen LogP contribution in [0.1, 0.15) is 98.3 Å². The van der Waals surface area contributed by atoms with Crippen molar-refractivity contribution < 1.29 is 15.0 Å². The highest BCUT2D eigenvalue weighted by molar-refractivity contribution is 5.77. The van der Waals surface area contributed by atoms with Crippen LogP contribution in [0.3, 0.4) is 0 Å². The first-order valence-electron chi connectivity index (χ1n) is 13.8. The lowest BCUT2D eigenvalue weighted by Gasteiger charge is -2.62. The van der Waals surface area contributed by atoms with Crippen LogP contribution in [0, 0.1) is 46.3 Å². The van der Waals surface area contributed by atoms with Gasteiger partial charge in [-0.15, -0.1) is 0 Å². The van der Waals surface area contributed by atoms with Gasteiger partial charge in [-0.25, -0.2) is 0 Å². The van der Waals surface area contributed by atoms with E-state index in [-0.39, 0.29) is 12.7 Å². The molecule has 4 fully saturated rings. The topological polar surface area (TPSA) is 69.6 Å². The van der Waals surface area contributed by atoms with E-state index in [1.807, 2.05) is 6.92 Å². The zero-order valence-corrected chi connectivity index (χ0v) is 21.1. The van der Waals surface area contributed by atoms with Gasteiger partial charge in [0.2, 0.25) is 0 Å². The molecule has 0 radical (unpaired) electrons. The number of rotatable bonds is 8. The van der Waals surface area contributed by atoms with Crippen LogP contribution in [0.15, 0.2) is 0 Å². The van der Waals surface area contributed by atoms with E-state index in [1.165, 1.54) is 38.5 Å². The molecule has 0 aliphatic heterocycles. The second-order valence-corrected chi connectivity index (χ2v) is 12.6. The maximum Gasteiger partial charge on any atom is 0.132 e. The van der Waals surface area contributed by atoms with Crippen molar-refractivity contribution >= 4 is 5.78 Å². The Kier molecular flexibility index (Phi) is 7.45. The van der Waals surface area contributed by atoms with E-state index in [2.05, 4.69) is 26.1 Å². The predicted octanol–water partition coefficient (Wildman–Crippen LogP) is 4.96. The Hall–Kier alpha value is -0.450. The minimum Gasteiger partial charge on any atom is -0.395 e. The molecule has 3 N–H and O–H groups in total. The summed E-state index contributed by atoms with van der Waals surface area (Å²) in [5.74, 6) is 4.09. The smallest absolute Gasteiger partial charge is 0.132 e. The summed E-state index contributed by atoms with van der Waals surface area (Å²) in [6.07, 6.45) is 12.0. The molecule has 4 aliphatic rings. The highest BCUT2D eigenvalue weighted by Crippen LogP contribution is 2.68. The minimum atomic E-state index is -0.157. The van der Waals surface area contributed by atoms with Crippen molar-refractivity contribution in [3.05, 3.63) is 0 Å². The zero-order valence-electron chi connectivity index (χ0n) is 21.1. The molecule has 0 saturated heterocycles. The Labute approximate surface area is 196 Å². The molecular weight excluding hydrogens is 398 g/mol. The number of carbonyl (C=O) groups excluding carboxylic acids is 1. The van der Waals surface area contributed by atoms with Gasteiger partial charge >= 0.3 is 0 Å². The maximum absolute atomic E-state index is 11.9. The number of hydrogen-bond acceptors (Lipinski definition) is 4. The molecule has 0 spiro atoms. The average Bonchev–Trinajstić information content (AvgIpc) is 3.13. The monoisotopic (exact) mass is 447 g/mol. The van der Waals surface area contributed by atoms with Crippen molar-refractivity contribution in [2.45, 2.75) is 110 Å². The molecule has 4 aliphatic carbocycles. The van der Waals surface area contributed by atoms with Gasteiger partial charge in [-0.05, 0) is 104 Å². The summed E-state index contributed by atoms with van der Waals surface area (Å²) < 4.78 is 0. The van der Waals surface area contributed by atoms with Crippen LogP contribution in [0.4, 0.5) is 0 Å². The number of aliphatic hydroxyl groups excluding tert-OH is 2. The Morgan fingerprint density at radius 1 is 1.06 bits per heavy atom. The number of aliphatic hydroxyl groups is 2. The van der Waals surface area contributed by atoms with Crippen molar-refractivity contribution in [3.8, 4) is 0 Å². The summed E-state index contributed by atoms with van der Waals surface area (Å²) in [4.78, 5) is 11.9. The molecule has 0 aromatic carbocycles. The van der Waals surface area contributed by atoms with Crippen molar-refractivity contribution in [1.29, 1.82) is 0 Å². The van der Waals surface area contributed by atoms with E-state index < -0.39 is 0 Å². The molecule has 4 nitrogen and oxygen atoms in total. The van der Waals surface area contributed by atoms with Gasteiger partial charge < -0.3 is 15.5 Å². The van der Waals surface area contributed by atoms with Gasteiger partial charge in [-0.2, -0.15) is 0 Å². The molecule has 4 saturated carbocycles. The van der Waals surface area contributed by atoms with E-state index in [9.17, 15) is 15.0 Å². The van der Waals surface area contributed by atoms with Crippen molar-refractivity contribution in [2.24, 2.45) is 46.3 Å². The first-order valence-corrected chi connectivity index (χ1v) is 13.8. The normalized spacial score (nSPS) is 46.8. The van der Waals surface area contributed by atoms with Crippen molar-refractivity contribution in [1.82, 2.24) is 5.32 Å². The van der Waals surface area contributed by atoms with Gasteiger partial charge in [0.15, 0.2) is 0 Å². The van der Waals surface area contributed by atoms with Crippen LogP contribution in [-0.4, -0.2) is 41.3 Å². The Morgan fingerprint density at radius 2 is 1.78 bits per heavy atom. The van der Waals surface area contributed by atoms with Crippen LogP contribution < -0.4 is 5.32 Å². The Morgan fingerprint density at radius 3 is 2.50 bits per heavy atom. The van der Waals surface area contributed by atoms with Gasteiger partial charge in [0.1, 0.15) is 5.78 Å². The summed E-state index contributed by atoms with van der Waals surface area (Å²) in [5.41, 5.74) is 0.694. The lowest BCUT2D eigenvalue weighted by molar-refractivity contribution is -0.167. The fourth-order valence-electron chi connectivity index (χ4n) is 9.42. The van der Waals surface area contributed by atoms with Gasteiger partial charge in [-0.3, -0.25) is 4.79 Å². The highest BCUT2D eigenvalue weighted by Gasteiger charge is 2.62. The van der Waals surface area contributed by atoms with Crippen molar-refractivity contribution in [3.63, 3.8) is 0 Å². The third kappa shape index (κ3) is 4.22. The summed E-state index contributed by atoms with van der Waals surface area (Å²) >= 11 is 0. The van der Waals surface area contributed by atoms with E-state index in [0.717, 1.165) is 25.7 Å². The quantitative estimate of drug-likeness (QED) is 0.492. The fourth-order valence-corrected chi connectivity index (χ4v) is 9.42. The van der Waals surface area contributed by atoms with Crippen LogP contribution >= 0.6 is 0 Å². The molecule has 32 heavy (non-hydrogen) atoms. The summed E-state index contributed by atoms with van der Waals surface area (Å²) in [5, 5.41) is 24.2. The SMILES string of the molecule is CCC(=O)CC[C@@H](C)[C@H]1CCC2C3C(O)C[C@@H]4C[C@H](NCCO)CC[C@]4(C)C3CC[C@@]21C. The van der Waals surface area contributed by atoms with Gasteiger partial charge in [0.05, 0.1) is 12.7 Å². The fraction of sp³-hybridized carbons (Fsp3) is 0.964. The Balaban J connectivity index is 1.48. The van der Waals surface area contributed by atoms with E-state index in [0.29, 0.717) is 71.1 Å². The van der Waals surface area contributed by atoms with Gasteiger partial charge in [0, 0.05) is 25.4 Å². The van der Waals surface area contributed by atoms with E-state index >= 15 is 0 Å². The first-order chi connectivity index (χ1) is 15.2. The molecule has 0 bridgehead atoms. The second-order valence-electron chi connectivity index (χ2n) is 12.6. The number of ketones is 1. The van der Waals surface area contributed by atoms with Crippen LogP contribution in [0.25, 0.3) is 0 Å². The van der Waals surface area contributed by atoms with Crippen LogP contribution in [0.2, 0.25) is 0 Å². The van der Waals surface area contributed by atoms with Gasteiger partial charge in [0.25, 0.3) is 0 Å². The maximum atomic E-state index is 11.9. The third-order valence-electron chi connectivity index (χ3n) is 11.3. The predicted molar refractivity (Wildman–Crippen MR) is 129 cm³/mol. The Bertz CT molecular complexity index is 667. The van der Waals surface area contributed by atoms with Crippen molar-refractivity contribution in [2.75, 3.05) is 13.2 Å². The third-order valence-corrected chi connectivity index (χ3v) is 11.3. The molecule has 0 aromatic heterocycles. The molecular formula is C28H49NO3. The summed E-state index contributed by atoms with van der Waals surface area (Å²) in [6.45, 7) is 10.4. The number of fused-ring (bicyclic) bond motifs is 5. The molecule has 10 atom stereocenters. The van der Waals surface area contributed by atoms with Crippen LogP contribution in [-0.2, 0) is 4.79 Å². The lowest BCUT2D eigenvalue weighted by Crippen LogP contribution is -2.59. The van der Waals surface area contributed by atoms with Gasteiger partial charge in [-0.1, -0.05) is 27.7 Å². The molecule has 0 aromatic rings. The first kappa shape index (κ1) is 24.7. The molecule has 184 valence electrons. The zero-order chi connectivity index (χ0) is 23.1. The number of Topliss-reactive ketones (excluding diaryl/α,β-unsaturated/α-hetero) is 1. The summed E-state index contributed by atoms with van der Waals surface area (Å²) in [7, 11) is 0. The molecule has 0 heterocycles. The van der Waals surface area contributed by atoms with Crippen LogP contribution in [0.5, 0.6) is 0 Å². The number of carbonyl (C=O) groups is 1. The standard InChI is InChI=1S/C28H49NO3/c1-5-21(31)7-6-18(2)22-8-9-23-26-24(11-13-28(22,23)4)27(3)12-10-20(29-14-15-30)16-19(27)17-25(26)32/h18-20,22-26,29-30,32H,5-17H2,1-4H3/t18-,19+,20-,22-,23?,24?,25?,26?,27+,28-/m1/s1. The largest absolute Gasteiger partial charge is 0.395 e. The average molecular weight is 448 g/mol. The molecule has 4 unspecified atom stereocenters. The van der Waals surface area contributed by atoms with E-state index in [1.54, 1.807) is 0 Å². The number of hydrogen-bond donors (Lipinski definition) is 3. The highest BCUT2D eigenvalue weighted by atomic mass is 16.3. The van der Waals surface area contributed by atoms with E-state index in [4.69, 9.17) is 0 Å². The molecule has 4 heteroatoms. The molecule has 0 amide bonds. The summed E-state index contributed by atoms with van der Waals surface area (Å²) in [6, 6.07) is 0.500. The lowest BCUT2D eigenvalue weighted by atomic mass is 9.43. The molecule has 4 rings (SSSR count). The second kappa shape index (κ2) is 9.66. The minimum absolute atomic E-state index is 0.157. The number of nitrogens with one attached hydrogen (secondary N) is 1.